The summed E-state index contributed by atoms with van der Waals surface area (Å²) < 4.78 is 29.0. The van der Waals surface area contributed by atoms with Crippen molar-refractivity contribution in [3.8, 4) is 0 Å². The molecule has 0 aromatic carbocycles. The van der Waals surface area contributed by atoms with Gasteiger partial charge in [-0.2, -0.15) is 8.42 Å². The molecule has 0 aliphatic carbocycles. The van der Waals surface area contributed by atoms with Crippen LogP contribution in [0.4, 0.5) is 0 Å². The first-order valence-electron chi connectivity index (χ1n) is 5.16. The van der Waals surface area contributed by atoms with Crippen molar-refractivity contribution in [3.05, 3.63) is 12.2 Å². The number of hydrogen-bond acceptors (Lipinski definition) is 2. The van der Waals surface area contributed by atoms with Crippen LogP contribution in [0.2, 0.25) is 0 Å². The van der Waals surface area contributed by atoms with E-state index in [-0.39, 0.29) is 36.7 Å². The van der Waals surface area contributed by atoms with E-state index in [0.29, 0.717) is 0 Å². The van der Waals surface area contributed by atoms with E-state index in [9.17, 15) is 8.42 Å². The van der Waals surface area contributed by atoms with Gasteiger partial charge in [0, 0.05) is 0 Å². The number of allylic oxidation sites excluding steroid dienone is 1. The molecule has 1 N–H and O–H groups in total. The Morgan fingerprint density at radius 1 is 1.13 bits per heavy atom. The molecule has 3 nitrogen and oxygen atoms in total. The van der Waals surface area contributed by atoms with Crippen LogP contribution in [0, 0.1) is 0 Å². The third kappa shape index (κ3) is 17.3. The zero-order chi connectivity index (χ0) is 10.9. The summed E-state index contributed by atoms with van der Waals surface area (Å²) in [6, 6.07) is 0. The summed E-state index contributed by atoms with van der Waals surface area (Å²) in [5.41, 5.74) is 0. The Labute approximate surface area is 117 Å². The van der Waals surface area contributed by atoms with Crippen molar-refractivity contribution in [2.24, 2.45) is 0 Å². The van der Waals surface area contributed by atoms with Crippen molar-refractivity contribution >= 4 is 10.1 Å². The molecule has 0 fully saturated rings. The Hall–Kier alpha value is 0.650. The predicted molar refractivity (Wildman–Crippen MR) is 60.0 cm³/mol. The maximum absolute atomic E-state index is 10.3. The van der Waals surface area contributed by atoms with Crippen molar-refractivity contribution in [2.75, 3.05) is 5.75 Å². The quantitative estimate of drug-likeness (QED) is 0.281. The van der Waals surface area contributed by atoms with Crippen molar-refractivity contribution in [3.63, 3.8) is 0 Å². The molecule has 0 heterocycles. The first-order chi connectivity index (χ1) is 6.56. The Balaban J connectivity index is -0.000000845. The minimum Gasteiger partial charge on any atom is -1.00 e. The van der Waals surface area contributed by atoms with E-state index >= 15 is 0 Å². The average Bonchev–Trinajstić information content (AvgIpc) is 2.08. The molecule has 0 saturated heterocycles. The Morgan fingerprint density at radius 3 is 2.27 bits per heavy atom. The molecular formula is C10H21NaO3S. The topological polar surface area (TPSA) is 54.4 Å². The van der Waals surface area contributed by atoms with Gasteiger partial charge in [0.05, 0.1) is 5.75 Å². The Bertz CT molecular complexity index is 253. The number of unbranched alkanes of at least 4 members (excludes halogenated alkanes) is 5. The average molecular weight is 244 g/mol. The molecule has 15 heavy (non-hydrogen) atoms. The van der Waals surface area contributed by atoms with Gasteiger partial charge in [-0.3, -0.25) is 4.55 Å². The van der Waals surface area contributed by atoms with E-state index in [0.717, 1.165) is 12.8 Å². The summed E-state index contributed by atoms with van der Waals surface area (Å²) in [4.78, 5) is 0. The predicted octanol–water partition coefficient (Wildman–Crippen LogP) is -0.0926. The zero-order valence-electron chi connectivity index (χ0n) is 10.8. The number of hydrogen-bond donors (Lipinski definition) is 1. The van der Waals surface area contributed by atoms with Gasteiger partial charge in [0.15, 0.2) is 0 Å². The summed E-state index contributed by atoms with van der Waals surface area (Å²) >= 11 is 0. The maximum atomic E-state index is 10.3. The van der Waals surface area contributed by atoms with Crippen LogP contribution in [-0.2, 0) is 10.1 Å². The zero-order valence-corrected chi connectivity index (χ0v) is 12.6. The molecule has 0 amide bonds. The fraction of sp³-hybridized carbons (Fsp3) is 0.800. The summed E-state index contributed by atoms with van der Waals surface area (Å²) in [6.45, 7) is 2.17. The molecule has 0 rings (SSSR count). The third-order valence-corrected chi connectivity index (χ3v) is 2.56. The molecule has 0 radical (unpaired) electrons. The SMILES string of the molecule is CCCCCCCC=CCS(=O)(=O)O.[H-].[Na+]. The first kappa shape index (κ1) is 18.0. The van der Waals surface area contributed by atoms with Crippen LogP contribution in [0.5, 0.6) is 0 Å². The Kier molecular flexibility index (Phi) is 13.4. The van der Waals surface area contributed by atoms with Gasteiger partial charge < -0.3 is 1.43 Å². The molecule has 0 unspecified atom stereocenters. The molecule has 0 aromatic rings. The van der Waals surface area contributed by atoms with Crippen LogP contribution in [0.15, 0.2) is 12.2 Å². The molecular weight excluding hydrogens is 223 g/mol. The Morgan fingerprint density at radius 2 is 1.73 bits per heavy atom. The normalized spacial score (nSPS) is 11.6. The van der Waals surface area contributed by atoms with Crippen LogP contribution in [-0.4, -0.2) is 18.7 Å². The van der Waals surface area contributed by atoms with Gasteiger partial charge in [-0.15, -0.1) is 0 Å². The maximum Gasteiger partial charge on any atom is 1.00 e. The van der Waals surface area contributed by atoms with Crippen LogP contribution in [0.25, 0.3) is 0 Å². The van der Waals surface area contributed by atoms with Gasteiger partial charge in [-0.25, -0.2) is 0 Å². The van der Waals surface area contributed by atoms with Crippen molar-refractivity contribution in [1.29, 1.82) is 0 Å². The molecule has 0 atom stereocenters. The second kappa shape index (κ2) is 11.1. The van der Waals surface area contributed by atoms with Crippen LogP contribution >= 0.6 is 0 Å². The van der Waals surface area contributed by atoms with E-state index in [1.165, 1.54) is 31.8 Å². The van der Waals surface area contributed by atoms with Gasteiger partial charge in [-0.05, 0) is 12.8 Å². The van der Waals surface area contributed by atoms with E-state index in [2.05, 4.69) is 6.92 Å². The van der Waals surface area contributed by atoms with Gasteiger partial charge in [0.2, 0.25) is 0 Å². The van der Waals surface area contributed by atoms with Crippen LogP contribution in [0.3, 0.4) is 0 Å². The second-order valence-electron chi connectivity index (χ2n) is 3.42. The number of rotatable bonds is 8. The van der Waals surface area contributed by atoms with Gasteiger partial charge in [0.25, 0.3) is 10.1 Å². The van der Waals surface area contributed by atoms with E-state index < -0.39 is 10.1 Å². The first-order valence-corrected chi connectivity index (χ1v) is 6.77. The molecule has 86 valence electrons. The van der Waals surface area contributed by atoms with Crippen molar-refractivity contribution < 1.29 is 44.0 Å². The molecule has 0 aromatic heterocycles. The fourth-order valence-corrected chi connectivity index (χ4v) is 1.55. The summed E-state index contributed by atoms with van der Waals surface area (Å²) in [7, 11) is -3.81. The molecule has 0 spiro atoms. The second-order valence-corrected chi connectivity index (χ2v) is 4.92. The summed E-state index contributed by atoms with van der Waals surface area (Å²) in [6.07, 6.45) is 10.3. The van der Waals surface area contributed by atoms with Crippen LogP contribution in [0.1, 0.15) is 46.9 Å². The third-order valence-electron chi connectivity index (χ3n) is 1.95. The molecule has 0 aliphatic heterocycles. The molecule has 0 aliphatic rings. The monoisotopic (exact) mass is 244 g/mol. The largest absolute Gasteiger partial charge is 1.00 e. The smallest absolute Gasteiger partial charge is 1.00 e. The molecule has 0 bridgehead atoms. The van der Waals surface area contributed by atoms with Gasteiger partial charge in [-0.1, -0.05) is 44.8 Å². The minimum absolute atomic E-state index is 0. The minimum atomic E-state index is -3.81. The van der Waals surface area contributed by atoms with Crippen molar-refractivity contribution in [2.45, 2.75) is 45.4 Å². The van der Waals surface area contributed by atoms with E-state index in [1.54, 1.807) is 0 Å². The van der Waals surface area contributed by atoms with Crippen LogP contribution < -0.4 is 29.6 Å². The molecule has 5 heteroatoms. The summed E-state index contributed by atoms with van der Waals surface area (Å²) in [5.74, 6) is -0.262. The standard InChI is InChI=1S/C10H20O3S.Na.H/c1-2-3-4-5-6-7-8-9-10-14(11,12)13;;/h8-9H,2-7,10H2,1H3,(H,11,12,13);;/q;+1;-1. The van der Waals surface area contributed by atoms with E-state index in [1.807, 2.05) is 6.08 Å². The van der Waals surface area contributed by atoms with Gasteiger partial charge in [0.1, 0.15) is 0 Å². The summed E-state index contributed by atoms with van der Waals surface area (Å²) in [5, 5.41) is 0. The van der Waals surface area contributed by atoms with Crippen molar-refractivity contribution in [1.82, 2.24) is 0 Å². The molecule has 0 saturated carbocycles. The van der Waals surface area contributed by atoms with Gasteiger partial charge >= 0.3 is 29.6 Å². The van der Waals surface area contributed by atoms with E-state index in [4.69, 9.17) is 4.55 Å². The fourth-order valence-electron chi connectivity index (χ4n) is 1.17.